The van der Waals surface area contributed by atoms with Crippen LogP contribution in [0.15, 0.2) is 59.2 Å². The van der Waals surface area contributed by atoms with Crippen molar-refractivity contribution in [3.05, 3.63) is 65.9 Å². The summed E-state index contributed by atoms with van der Waals surface area (Å²) in [6.45, 7) is 2.98. The van der Waals surface area contributed by atoms with E-state index in [1.165, 1.54) is 5.56 Å². The van der Waals surface area contributed by atoms with Crippen LogP contribution >= 0.6 is 0 Å². The van der Waals surface area contributed by atoms with Crippen molar-refractivity contribution in [3.63, 3.8) is 0 Å². The van der Waals surface area contributed by atoms with Gasteiger partial charge in [0.1, 0.15) is 11.3 Å². The fourth-order valence-corrected chi connectivity index (χ4v) is 2.65. The molecule has 0 radical (unpaired) electrons. The Hall–Kier alpha value is -2.26. The molecular formula is C18H19NO2. The summed E-state index contributed by atoms with van der Waals surface area (Å²) in [5, 5.41) is 4.67. The van der Waals surface area contributed by atoms with Crippen LogP contribution in [-0.2, 0) is 0 Å². The number of methoxy groups -OCH3 is 1. The first-order valence-corrected chi connectivity index (χ1v) is 7.17. The van der Waals surface area contributed by atoms with Crippen LogP contribution < -0.4 is 10.1 Å². The Bertz CT molecular complexity index is 733. The molecule has 3 nitrogen and oxygen atoms in total. The molecule has 1 unspecified atom stereocenters. The smallest absolute Gasteiger partial charge is 0.134 e. The van der Waals surface area contributed by atoms with E-state index in [1.807, 2.05) is 36.6 Å². The summed E-state index contributed by atoms with van der Waals surface area (Å²) in [6, 6.07) is 16.4. The van der Waals surface area contributed by atoms with E-state index in [2.05, 4.69) is 30.4 Å². The normalized spacial score (nSPS) is 12.5. The average Bonchev–Trinajstić information content (AvgIpc) is 2.96. The third kappa shape index (κ3) is 2.65. The van der Waals surface area contributed by atoms with Crippen LogP contribution in [-0.4, -0.2) is 13.7 Å². The maximum absolute atomic E-state index is 5.68. The lowest BCUT2D eigenvalue weighted by Gasteiger charge is -2.18. The van der Waals surface area contributed by atoms with Crippen molar-refractivity contribution in [1.29, 1.82) is 0 Å². The summed E-state index contributed by atoms with van der Waals surface area (Å²) < 4.78 is 11.0. The van der Waals surface area contributed by atoms with Crippen LogP contribution in [0, 0.1) is 0 Å². The Balaban J connectivity index is 2.08. The second kappa shape index (κ2) is 6.02. The minimum atomic E-state index is 0.0914. The van der Waals surface area contributed by atoms with Gasteiger partial charge >= 0.3 is 0 Å². The third-order valence-electron chi connectivity index (χ3n) is 3.66. The minimum Gasteiger partial charge on any atom is -0.497 e. The van der Waals surface area contributed by atoms with E-state index in [0.717, 1.165) is 28.8 Å². The molecule has 1 N–H and O–H groups in total. The van der Waals surface area contributed by atoms with Gasteiger partial charge in [0.2, 0.25) is 0 Å². The largest absolute Gasteiger partial charge is 0.497 e. The van der Waals surface area contributed by atoms with Crippen molar-refractivity contribution in [1.82, 2.24) is 5.32 Å². The van der Waals surface area contributed by atoms with Crippen LogP contribution in [0.1, 0.15) is 24.1 Å². The molecule has 108 valence electrons. The highest BCUT2D eigenvalue weighted by Crippen LogP contribution is 2.31. The van der Waals surface area contributed by atoms with Gasteiger partial charge in [0, 0.05) is 10.9 Å². The van der Waals surface area contributed by atoms with Crippen LogP contribution in [0.4, 0.5) is 0 Å². The quantitative estimate of drug-likeness (QED) is 0.763. The number of hydrogen-bond acceptors (Lipinski definition) is 3. The highest BCUT2D eigenvalue weighted by Gasteiger charge is 2.18. The zero-order chi connectivity index (χ0) is 14.7. The van der Waals surface area contributed by atoms with E-state index in [4.69, 9.17) is 9.15 Å². The van der Waals surface area contributed by atoms with Crippen molar-refractivity contribution >= 4 is 11.0 Å². The molecule has 3 rings (SSSR count). The van der Waals surface area contributed by atoms with Crippen molar-refractivity contribution in [2.75, 3.05) is 13.7 Å². The Morgan fingerprint density at radius 2 is 2.00 bits per heavy atom. The maximum atomic E-state index is 5.68. The number of furan rings is 1. The zero-order valence-electron chi connectivity index (χ0n) is 12.3. The molecule has 0 saturated heterocycles. The molecule has 3 heteroatoms. The lowest BCUT2D eigenvalue weighted by Crippen LogP contribution is -2.21. The molecular weight excluding hydrogens is 262 g/mol. The van der Waals surface area contributed by atoms with Gasteiger partial charge in [-0.2, -0.15) is 0 Å². The third-order valence-corrected chi connectivity index (χ3v) is 3.66. The van der Waals surface area contributed by atoms with E-state index in [0.29, 0.717) is 0 Å². The van der Waals surface area contributed by atoms with E-state index in [9.17, 15) is 0 Å². The van der Waals surface area contributed by atoms with Gasteiger partial charge in [-0.3, -0.25) is 0 Å². The van der Waals surface area contributed by atoms with E-state index >= 15 is 0 Å². The monoisotopic (exact) mass is 281 g/mol. The Morgan fingerprint density at radius 3 is 2.81 bits per heavy atom. The first-order valence-electron chi connectivity index (χ1n) is 7.17. The van der Waals surface area contributed by atoms with Crippen LogP contribution in [0.2, 0.25) is 0 Å². The number of benzene rings is 2. The van der Waals surface area contributed by atoms with Gasteiger partial charge in [0.25, 0.3) is 0 Å². The van der Waals surface area contributed by atoms with Gasteiger partial charge in [0.15, 0.2) is 0 Å². The summed E-state index contributed by atoms with van der Waals surface area (Å²) >= 11 is 0. The topological polar surface area (TPSA) is 34.4 Å². The van der Waals surface area contributed by atoms with Crippen LogP contribution in [0.5, 0.6) is 5.75 Å². The highest BCUT2D eigenvalue weighted by atomic mass is 16.5. The van der Waals surface area contributed by atoms with Gasteiger partial charge < -0.3 is 14.5 Å². The highest BCUT2D eigenvalue weighted by molar-refractivity contribution is 5.82. The fourth-order valence-electron chi connectivity index (χ4n) is 2.65. The number of fused-ring (bicyclic) bond motifs is 1. The number of hydrogen-bond donors (Lipinski definition) is 1. The molecule has 0 saturated carbocycles. The fraction of sp³-hybridized carbons (Fsp3) is 0.222. The lowest BCUT2D eigenvalue weighted by atomic mass is 9.98. The molecule has 0 aliphatic heterocycles. The molecule has 0 bridgehead atoms. The van der Waals surface area contributed by atoms with Crippen LogP contribution in [0.25, 0.3) is 11.0 Å². The maximum Gasteiger partial charge on any atom is 0.134 e. The molecule has 0 aliphatic rings. The second-order valence-corrected chi connectivity index (χ2v) is 4.95. The zero-order valence-corrected chi connectivity index (χ0v) is 12.3. The van der Waals surface area contributed by atoms with Crippen molar-refractivity contribution in [2.45, 2.75) is 13.0 Å². The first-order chi connectivity index (χ1) is 10.3. The summed E-state index contributed by atoms with van der Waals surface area (Å²) in [5.41, 5.74) is 3.24. The molecule has 1 heterocycles. The molecule has 2 aromatic carbocycles. The molecule has 0 spiro atoms. The van der Waals surface area contributed by atoms with Crippen molar-refractivity contribution in [3.8, 4) is 5.75 Å². The molecule has 0 aliphatic carbocycles. The molecule has 1 aromatic heterocycles. The summed E-state index contributed by atoms with van der Waals surface area (Å²) in [7, 11) is 1.69. The molecule has 0 fully saturated rings. The SMILES string of the molecule is CCNC(c1cccc(OC)c1)c1coc2ccccc12. The van der Waals surface area contributed by atoms with Crippen molar-refractivity contribution in [2.24, 2.45) is 0 Å². The first kappa shape index (κ1) is 13.7. The summed E-state index contributed by atoms with van der Waals surface area (Å²) in [6.07, 6.45) is 1.84. The number of rotatable bonds is 5. The summed E-state index contributed by atoms with van der Waals surface area (Å²) in [4.78, 5) is 0. The Morgan fingerprint density at radius 1 is 1.14 bits per heavy atom. The van der Waals surface area contributed by atoms with Gasteiger partial charge in [0.05, 0.1) is 19.4 Å². The lowest BCUT2D eigenvalue weighted by molar-refractivity contribution is 0.413. The van der Waals surface area contributed by atoms with E-state index in [-0.39, 0.29) is 6.04 Å². The average molecular weight is 281 g/mol. The predicted molar refractivity (Wildman–Crippen MR) is 84.7 cm³/mol. The molecule has 21 heavy (non-hydrogen) atoms. The molecule has 3 aromatic rings. The minimum absolute atomic E-state index is 0.0914. The molecule has 1 atom stereocenters. The number of ether oxygens (including phenoxy) is 1. The number of para-hydroxylation sites is 1. The van der Waals surface area contributed by atoms with E-state index < -0.39 is 0 Å². The van der Waals surface area contributed by atoms with Gasteiger partial charge in [-0.05, 0) is 30.3 Å². The van der Waals surface area contributed by atoms with Gasteiger partial charge in [-0.1, -0.05) is 37.3 Å². The standard InChI is InChI=1S/C18H19NO2/c1-3-19-18(13-7-6-8-14(11-13)20-2)16-12-21-17-10-5-4-9-15(16)17/h4-12,18-19H,3H2,1-2H3. The van der Waals surface area contributed by atoms with Gasteiger partial charge in [-0.25, -0.2) is 0 Å². The Labute approximate surface area is 124 Å². The number of nitrogens with one attached hydrogen (secondary N) is 1. The predicted octanol–water partition coefficient (Wildman–Crippen LogP) is 4.14. The second-order valence-electron chi connectivity index (χ2n) is 4.95. The van der Waals surface area contributed by atoms with Crippen molar-refractivity contribution < 1.29 is 9.15 Å². The van der Waals surface area contributed by atoms with Gasteiger partial charge in [-0.15, -0.1) is 0 Å². The van der Waals surface area contributed by atoms with E-state index in [1.54, 1.807) is 7.11 Å². The van der Waals surface area contributed by atoms with Crippen LogP contribution in [0.3, 0.4) is 0 Å². The Kier molecular flexibility index (Phi) is 3.93. The molecule has 0 amide bonds. The summed E-state index contributed by atoms with van der Waals surface area (Å²) in [5.74, 6) is 0.864.